The van der Waals surface area contributed by atoms with Crippen molar-refractivity contribution in [3.05, 3.63) is 35.4 Å². The average molecular weight is 334 g/mol. The summed E-state index contributed by atoms with van der Waals surface area (Å²) in [6.45, 7) is 1.73. The Kier molecular flexibility index (Phi) is 4.19. The third-order valence-corrected chi connectivity index (χ3v) is 5.98. The van der Waals surface area contributed by atoms with Crippen LogP contribution >= 0.6 is 0 Å². The van der Waals surface area contributed by atoms with Gasteiger partial charge < -0.3 is 9.80 Å². The van der Waals surface area contributed by atoms with E-state index in [1.165, 1.54) is 12.5 Å². The molecule has 2 amide bonds. The molecule has 0 N–H and O–H groups in total. The highest BCUT2D eigenvalue weighted by molar-refractivity contribution is 5.76. The summed E-state index contributed by atoms with van der Waals surface area (Å²) in [5.74, 6) is -0.888. The maximum Gasteiger partial charge on any atom is 0.320 e. The highest BCUT2D eigenvalue weighted by Crippen LogP contribution is 2.44. The molecule has 3 fully saturated rings. The van der Waals surface area contributed by atoms with Crippen molar-refractivity contribution in [2.75, 3.05) is 13.1 Å². The van der Waals surface area contributed by atoms with Crippen molar-refractivity contribution in [1.29, 1.82) is 0 Å². The minimum Gasteiger partial charge on any atom is -0.325 e. The van der Waals surface area contributed by atoms with Crippen molar-refractivity contribution < 1.29 is 13.6 Å². The van der Waals surface area contributed by atoms with Crippen molar-refractivity contribution in [2.24, 2.45) is 0 Å². The van der Waals surface area contributed by atoms with Crippen LogP contribution in [-0.4, -0.2) is 41.0 Å². The first-order valence-electron chi connectivity index (χ1n) is 9.15. The van der Waals surface area contributed by atoms with Crippen molar-refractivity contribution in [3.8, 4) is 0 Å². The van der Waals surface area contributed by atoms with E-state index >= 15 is 0 Å². The first kappa shape index (κ1) is 15.9. The number of fused-ring (bicyclic) bond motifs is 2. The molecule has 2 unspecified atom stereocenters. The summed E-state index contributed by atoms with van der Waals surface area (Å²) in [5, 5.41) is 0. The molecule has 3 aliphatic heterocycles. The lowest BCUT2D eigenvalue weighted by Crippen LogP contribution is -2.53. The molecule has 1 aromatic rings. The third-order valence-electron chi connectivity index (χ3n) is 5.98. The summed E-state index contributed by atoms with van der Waals surface area (Å²) in [4.78, 5) is 17.0. The predicted molar refractivity (Wildman–Crippen MR) is 87.8 cm³/mol. The fourth-order valence-corrected chi connectivity index (χ4v) is 4.82. The fourth-order valence-electron chi connectivity index (χ4n) is 4.82. The van der Waals surface area contributed by atoms with E-state index in [-0.39, 0.29) is 24.0 Å². The number of benzene rings is 1. The highest BCUT2D eigenvalue weighted by Gasteiger charge is 2.45. The number of carbonyl (C=O) groups is 1. The van der Waals surface area contributed by atoms with Crippen LogP contribution < -0.4 is 0 Å². The number of halogens is 2. The number of hydrogen-bond acceptors (Lipinski definition) is 1. The molecule has 0 spiro atoms. The summed E-state index contributed by atoms with van der Waals surface area (Å²) in [7, 11) is 0. The molecule has 3 heterocycles. The van der Waals surface area contributed by atoms with Crippen LogP contribution in [0.4, 0.5) is 13.6 Å². The second-order valence-electron chi connectivity index (χ2n) is 7.46. The topological polar surface area (TPSA) is 23.6 Å². The smallest absolute Gasteiger partial charge is 0.320 e. The number of piperidine rings is 2. The summed E-state index contributed by atoms with van der Waals surface area (Å²) < 4.78 is 27.3. The molecule has 5 heteroatoms. The van der Waals surface area contributed by atoms with Crippen molar-refractivity contribution in [3.63, 3.8) is 0 Å². The molecule has 2 bridgehead atoms. The van der Waals surface area contributed by atoms with E-state index in [2.05, 4.69) is 4.90 Å². The van der Waals surface area contributed by atoms with Gasteiger partial charge >= 0.3 is 6.03 Å². The molecular formula is C19H24F2N2O. The number of hydrogen-bond donors (Lipinski definition) is 0. The Balaban J connectivity index is 1.50. The van der Waals surface area contributed by atoms with E-state index in [0.29, 0.717) is 5.56 Å². The molecule has 2 atom stereocenters. The predicted octanol–water partition coefficient (Wildman–Crippen LogP) is 4.28. The number of urea groups is 1. The van der Waals surface area contributed by atoms with Crippen LogP contribution in [0.3, 0.4) is 0 Å². The second kappa shape index (κ2) is 6.34. The van der Waals surface area contributed by atoms with Gasteiger partial charge in [0.05, 0.1) is 0 Å². The number of rotatable bonds is 1. The summed E-state index contributed by atoms with van der Waals surface area (Å²) in [5.41, 5.74) is 0.610. The molecule has 3 aliphatic rings. The summed E-state index contributed by atoms with van der Waals surface area (Å²) in [6, 6.07) is 4.48. The first-order chi connectivity index (χ1) is 11.6. The largest absolute Gasteiger partial charge is 0.325 e. The normalized spacial score (nSPS) is 29.8. The van der Waals surface area contributed by atoms with E-state index in [1.807, 2.05) is 4.90 Å². The van der Waals surface area contributed by atoms with Crippen molar-refractivity contribution in [1.82, 2.24) is 9.80 Å². The van der Waals surface area contributed by atoms with Crippen LogP contribution in [0.2, 0.25) is 0 Å². The summed E-state index contributed by atoms with van der Waals surface area (Å²) >= 11 is 0. The maximum absolute atomic E-state index is 14.1. The Morgan fingerprint density at radius 2 is 1.67 bits per heavy atom. The molecule has 0 aromatic heterocycles. The molecular weight excluding hydrogens is 310 g/mol. The van der Waals surface area contributed by atoms with E-state index in [1.54, 1.807) is 6.07 Å². The van der Waals surface area contributed by atoms with Crippen LogP contribution in [0.5, 0.6) is 0 Å². The van der Waals surface area contributed by atoms with Gasteiger partial charge in [-0.05, 0) is 62.5 Å². The maximum atomic E-state index is 14.1. The highest BCUT2D eigenvalue weighted by atomic mass is 19.1. The minimum atomic E-state index is -0.531. The van der Waals surface area contributed by atoms with Gasteiger partial charge in [0.25, 0.3) is 0 Å². The Morgan fingerprint density at radius 3 is 2.29 bits per heavy atom. The second-order valence-corrected chi connectivity index (χ2v) is 7.46. The van der Waals surface area contributed by atoms with Gasteiger partial charge in [0, 0.05) is 31.2 Å². The Labute approximate surface area is 141 Å². The molecule has 4 rings (SSSR count). The van der Waals surface area contributed by atoms with Gasteiger partial charge in [-0.2, -0.15) is 0 Å². The quantitative estimate of drug-likeness (QED) is 0.752. The van der Waals surface area contributed by atoms with E-state index < -0.39 is 11.6 Å². The zero-order valence-electron chi connectivity index (χ0n) is 13.9. The number of nitrogens with zero attached hydrogens (tertiary/aromatic N) is 2. The van der Waals surface area contributed by atoms with Gasteiger partial charge in [0.1, 0.15) is 11.6 Å². The lowest BCUT2D eigenvalue weighted by atomic mass is 9.85. The standard InChI is InChI=1S/C19H24F2N2O/c20-14-4-7-17(18(21)12-14)13-10-15-5-6-16(11-13)23(15)19(24)22-8-2-1-3-9-22/h4,7,12-13,15-16H,1-3,5-6,8-11H2. The zero-order valence-corrected chi connectivity index (χ0v) is 13.9. The minimum absolute atomic E-state index is 0.0912. The van der Waals surface area contributed by atoms with Crippen LogP contribution in [0.15, 0.2) is 18.2 Å². The van der Waals surface area contributed by atoms with Gasteiger partial charge in [-0.3, -0.25) is 0 Å². The molecule has 0 saturated carbocycles. The molecule has 24 heavy (non-hydrogen) atoms. The van der Waals surface area contributed by atoms with E-state index in [9.17, 15) is 13.6 Å². The molecule has 3 nitrogen and oxygen atoms in total. The van der Waals surface area contributed by atoms with Crippen LogP contribution in [0.25, 0.3) is 0 Å². The van der Waals surface area contributed by atoms with Gasteiger partial charge in [-0.1, -0.05) is 6.07 Å². The van der Waals surface area contributed by atoms with Gasteiger partial charge in [-0.25, -0.2) is 13.6 Å². The summed E-state index contributed by atoms with van der Waals surface area (Å²) in [6.07, 6.45) is 6.99. The Hall–Kier alpha value is -1.65. The van der Waals surface area contributed by atoms with Gasteiger partial charge in [-0.15, -0.1) is 0 Å². The lowest BCUT2D eigenvalue weighted by Gasteiger charge is -2.42. The fraction of sp³-hybridized carbons (Fsp3) is 0.632. The van der Waals surface area contributed by atoms with Crippen molar-refractivity contribution in [2.45, 2.75) is 62.9 Å². The number of carbonyl (C=O) groups excluding carboxylic acids is 1. The molecule has 1 aromatic carbocycles. The monoisotopic (exact) mass is 334 g/mol. The van der Waals surface area contributed by atoms with Crippen LogP contribution in [0.1, 0.15) is 56.4 Å². The van der Waals surface area contributed by atoms with Gasteiger partial charge in [0.2, 0.25) is 0 Å². The molecule has 3 saturated heterocycles. The first-order valence-corrected chi connectivity index (χ1v) is 9.15. The lowest BCUT2D eigenvalue weighted by molar-refractivity contribution is 0.0987. The van der Waals surface area contributed by atoms with Crippen LogP contribution in [0, 0.1) is 11.6 Å². The average Bonchev–Trinajstić information content (AvgIpc) is 2.85. The third kappa shape index (κ3) is 2.78. The Morgan fingerprint density at radius 1 is 1.00 bits per heavy atom. The zero-order chi connectivity index (χ0) is 16.7. The SMILES string of the molecule is O=C(N1CCCCC1)N1C2CCC1CC(c1ccc(F)cc1F)C2. The molecule has 0 radical (unpaired) electrons. The molecule has 130 valence electrons. The number of likely N-dealkylation sites (tertiary alicyclic amines) is 1. The van der Waals surface area contributed by atoms with E-state index in [4.69, 9.17) is 0 Å². The Bertz CT molecular complexity index is 616. The van der Waals surface area contributed by atoms with E-state index in [0.717, 1.165) is 57.7 Å². The van der Waals surface area contributed by atoms with Crippen molar-refractivity contribution >= 4 is 6.03 Å². The molecule has 0 aliphatic carbocycles. The van der Waals surface area contributed by atoms with Gasteiger partial charge in [0.15, 0.2) is 0 Å². The van der Waals surface area contributed by atoms with Crippen LogP contribution in [-0.2, 0) is 0 Å². The number of amides is 2.